The lowest BCUT2D eigenvalue weighted by atomic mass is 9.94. The zero-order valence-corrected chi connectivity index (χ0v) is 11.5. The van der Waals surface area contributed by atoms with Crippen molar-refractivity contribution in [1.29, 1.82) is 0 Å². The number of sulfone groups is 1. The Bertz CT molecular complexity index is 335. The van der Waals surface area contributed by atoms with Crippen LogP contribution in [0.5, 0.6) is 0 Å². The van der Waals surface area contributed by atoms with Crippen LogP contribution in [0.3, 0.4) is 0 Å². The van der Waals surface area contributed by atoms with Crippen molar-refractivity contribution in [3.63, 3.8) is 0 Å². The Kier molecular flexibility index (Phi) is 4.98. The Morgan fingerprint density at radius 3 is 1.94 bits per heavy atom. The molecule has 0 aliphatic carbocycles. The molecule has 0 fully saturated rings. The molecule has 1 N–H and O–H groups in total. The Morgan fingerprint density at radius 1 is 1.25 bits per heavy atom. The SMILES string of the molecule is CC(C)C(CCS(=O)(=O)C(C)(C)C)C(=O)O. The van der Waals surface area contributed by atoms with Gasteiger partial charge in [-0.3, -0.25) is 4.79 Å². The van der Waals surface area contributed by atoms with E-state index in [1.807, 2.05) is 0 Å². The lowest BCUT2D eigenvalue weighted by Crippen LogP contribution is -2.32. The van der Waals surface area contributed by atoms with Crippen molar-refractivity contribution in [3.05, 3.63) is 0 Å². The fourth-order valence-electron chi connectivity index (χ4n) is 1.33. The first-order valence-corrected chi connectivity index (χ1v) is 7.09. The lowest BCUT2D eigenvalue weighted by Gasteiger charge is -2.21. The zero-order chi connectivity index (χ0) is 13.1. The minimum absolute atomic E-state index is 0.0485. The summed E-state index contributed by atoms with van der Waals surface area (Å²) in [6.45, 7) is 8.49. The van der Waals surface area contributed by atoms with Crippen molar-refractivity contribution in [1.82, 2.24) is 0 Å². The van der Waals surface area contributed by atoms with Crippen LogP contribution in [0.25, 0.3) is 0 Å². The van der Waals surface area contributed by atoms with E-state index in [2.05, 4.69) is 0 Å². The Morgan fingerprint density at radius 2 is 1.69 bits per heavy atom. The molecule has 0 bridgehead atoms. The van der Waals surface area contributed by atoms with E-state index in [0.29, 0.717) is 0 Å². The second kappa shape index (κ2) is 5.17. The number of carboxylic acids is 1. The summed E-state index contributed by atoms with van der Waals surface area (Å²) in [6, 6.07) is 0. The van der Waals surface area contributed by atoms with Gasteiger partial charge in [0.1, 0.15) is 0 Å². The van der Waals surface area contributed by atoms with Crippen molar-refractivity contribution >= 4 is 15.8 Å². The molecule has 1 atom stereocenters. The average molecular weight is 250 g/mol. The molecule has 0 saturated heterocycles. The fourth-order valence-corrected chi connectivity index (χ4v) is 2.51. The molecular weight excluding hydrogens is 228 g/mol. The molecule has 0 radical (unpaired) electrons. The number of hydrogen-bond acceptors (Lipinski definition) is 3. The molecule has 0 rings (SSSR count). The van der Waals surface area contributed by atoms with E-state index < -0.39 is 26.5 Å². The van der Waals surface area contributed by atoms with Gasteiger partial charge in [-0.1, -0.05) is 13.8 Å². The van der Waals surface area contributed by atoms with Crippen LogP contribution in [0.2, 0.25) is 0 Å². The van der Waals surface area contributed by atoms with Gasteiger partial charge in [-0.25, -0.2) is 8.42 Å². The summed E-state index contributed by atoms with van der Waals surface area (Å²) < 4.78 is 22.8. The topological polar surface area (TPSA) is 71.4 Å². The maximum Gasteiger partial charge on any atom is 0.306 e. The first-order valence-electron chi connectivity index (χ1n) is 5.44. The second-order valence-corrected chi connectivity index (χ2v) is 8.27. The van der Waals surface area contributed by atoms with Crippen molar-refractivity contribution < 1.29 is 18.3 Å². The molecule has 0 amide bonds. The minimum atomic E-state index is -3.22. The summed E-state index contributed by atoms with van der Waals surface area (Å²) in [6.07, 6.45) is 0.187. The molecule has 96 valence electrons. The second-order valence-electron chi connectivity index (χ2n) is 5.41. The molecule has 0 aromatic heterocycles. The molecule has 0 heterocycles. The standard InChI is InChI=1S/C11H22O4S/c1-8(2)9(10(12)13)6-7-16(14,15)11(3,4)5/h8-9H,6-7H2,1-5H3,(H,12,13). The molecular formula is C11H22O4S. The van der Waals surface area contributed by atoms with E-state index in [9.17, 15) is 13.2 Å². The predicted molar refractivity (Wildman–Crippen MR) is 64.1 cm³/mol. The first kappa shape index (κ1) is 15.4. The number of carbonyl (C=O) groups is 1. The van der Waals surface area contributed by atoms with Crippen molar-refractivity contribution in [2.24, 2.45) is 11.8 Å². The number of hydrogen-bond donors (Lipinski definition) is 1. The van der Waals surface area contributed by atoms with Crippen LogP contribution in [0.1, 0.15) is 41.0 Å². The first-order chi connectivity index (χ1) is 6.99. The van der Waals surface area contributed by atoms with Gasteiger partial charge in [-0.05, 0) is 33.1 Å². The quantitative estimate of drug-likeness (QED) is 0.809. The van der Waals surface area contributed by atoms with Crippen molar-refractivity contribution in [2.75, 3.05) is 5.75 Å². The summed E-state index contributed by atoms with van der Waals surface area (Å²) in [5.74, 6) is -1.62. The highest BCUT2D eigenvalue weighted by atomic mass is 32.2. The Hall–Kier alpha value is -0.580. The normalized spacial score (nSPS) is 15.1. The number of carboxylic acid groups (broad SMARTS) is 1. The fraction of sp³-hybridized carbons (Fsp3) is 0.909. The van der Waals surface area contributed by atoms with E-state index in [1.165, 1.54) is 0 Å². The van der Waals surface area contributed by atoms with Gasteiger partial charge in [-0.15, -0.1) is 0 Å². The highest BCUT2D eigenvalue weighted by Gasteiger charge is 2.31. The lowest BCUT2D eigenvalue weighted by molar-refractivity contribution is -0.143. The summed E-state index contributed by atoms with van der Waals surface area (Å²) in [4.78, 5) is 10.9. The maximum atomic E-state index is 11.8. The Labute approximate surface area is 98.0 Å². The monoisotopic (exact) mass is 250 g/mol. The van der Waals surface area contributed by atoms with Crippen LogP contribution in [-0.4, -0.2) is 30.0 Å². The third-order valence-electron chi connectivity index (χ3n) is 2.75. The van der Waals surface area contributed by atoms with Gasteiger partial charge >= 0.3 is 5.97 Å². The molecule has 0 aromatic rings. The predicted octanol–water partition coefficient (Wildman–Crippen LogP) is 1.95. The zero-order valence-electron chi connectivity index (χ0n) is 10.6. The number of aliphatic carboxylic acids is 1. The minimum Gasteiger partial charge on any atom is -0.481 e. The van der Waals surface area contributed by atoms with Crippen LogP contribution in [0, 0.1) is 11.8 Å². The molecule has 4 nitrogen and oxygen atoms in total. The van der Waals surface area contributed by atoms with Crippen LogP contribution in [-0.2, 0) is 14.6 Å². The summed E-state index contributed by atoms with van der Waals surface area (Å²) in [5.41, 5.74) is 0. The average Bonchev–Trinajstić information content (AvgIpc) is 1.99. The van der Waals surface area contributed by atoms with Crippen LogP contribution in [0.4, 0.5) is 0 Å². The highest BCUT2D eigenvalue weighted by Crippen LogP contribution is 2.22. The summed E-state index contributed by atoms with van der Waals surface area (Å²) in [7, 11) is -3.22. The van der Waals surface area contributed by atoms with Gasteiger partial charge < -0.3 is 5.11 Å². The van der Waals surface area contributed by atoms with E-state index in [-0.39, 0.29) is 18.1 Å². The van der Waals surface area contributed by atoms with Gasteiger partial charge in [0.25, 0.3) is 0 Å². The highest BCUT2D eigenvalue weighted by molar-refractivity contribution is 7.92. The van der Waals surface area contributed by atoms with Crippen LogP contribution in [0.15, 0.2) is 0 Å². The third-order valence-corrected chi connectivity index (χ3v) is 5.39. The summed E-state index contributed by atoms with van der Waals surface area (Å²) in [5, 5.41) is 8.95. The molecule has 16 heavy (non-hydrogen) atoms. The van der Waals surface area contributed by atoms with E-state index >= 15 is 0 Å². The van der Waals surface area contributed by atoms with E-state index in [4.69, 9.17) is 5.11 Å². The molecule has 0 saturated carbocycles. The van der Waals surface area contributed by atoms with E-state index in [1.54, 1.807) is 34.6 Å². The van der Waals surface area contributed by atoms with Crippen molar-refractivity contribution in [2.45, 2.75) is 45.8 Å². The molecule has 0 aromatic carbocycles. The third kappa shape index (κ3) is 4.12. The smallest absolute Gasteiger partial charge is 0.306 e. The maximum absolute atomic E-state index is 11.8. The molecule has 5 heteroatoms. The summed E-state index contributed by atoms with van der Waals surface area (Å²) >= 11 is 0. The van der Waals surface area contributed by atoms with Crippen LogP contribution < -0.4 is 0 Å². The molecule has 1 unspecified atom stereocenters. The number of rotatable bonds is 5. The van der Waals surface area contributed by atoms with Crippen LogP contribution >= 0.6 is 0 Å². The molecule has 0 aliphatic rings. The van der Waals surface area contributed by atoms with Gasteiger partial charge in [0.2, 0.25) is 0 Å². The van der Waals surface area contributed by atoms with E-state index in [0.717, 1.165) is 0 Å². The van der Waals surface area contributed by atoms with Gasteiger partial charge in [-0.2, -0.15) is 0 Å². The molecule has 0 aliphatic heterocycles. The van der Waals surface area contributed by atoms with Gasteiger partial charge in [0.05, 0.1) is 16.4 Å². The largest absolute Gasteiger partial charge is 0.481 e. The van der Waals surface area contributed by atoms with Gasteiger partial charge in [0, 0.05) is 0 Å². The van der Waals surface area contributed by atoms with Gasteiger partial charge in [0.15, 0.2) is 9.84 Å². The Balaban J connectivity index is 4.62. The van der Waals surface area contributed by atoms with Crippen molar-refractivity contribution in [3.8, 4) is 0 Å². The molecule has 0 spiro atoms.